The molecular formula is C23H24F3N3OS. The maximum absolute atomic E-state index is 13.0. The Labute approximate surface area is 183 Å². The van der Waals surface area contributed by atoms with Crippen molar-refractivity contribution in [1.82, 2.24) is 9.47 Å². The van der Waals surface area contributed by atoms with Gasteiger partial charge in [-0.05, 0) is 43.2 Å². The summed E-state index contributed by atoms with van der Waals surface area (Å²) in [4.78, 5) is 20.4. The van der Waals surface area contributed by atoms with Crippen LogP contribution in [-0.2, 0) is 12.7 Å². The minimum absolute atomic E-state index is 0.361. The van der Waals surface area contributed by atoms with Gasteiger partial charge in [-0.15, -0.1) is 11.3 Å². The Morgan fingerprint density at radius 1 is 1.10 bits per heavy atom. The van der Waals surface area contributed by atoms with Crippen molar-refractivity contribution in [2.45, 2.75) is 39.4 Å². The van der Waals surface area contributed by atoms with Gasteiger partial charge >= 0.3 is 12.2 Å². The minimum atomic E-state index is -4.39. The number of carbonyl (C=O) groups excluding carboxylic acids is 1. The number of benzene rings is 2. The van der Waals surface area contributed by atoms with Crippen molar-refractivity contribution < 1.29 is 18.0 Å². The summed E-state index contributed by atoms with van der Waals surface area (Å²) in [5.41, 5.74) is 0.819. The highest BCUT2D eigenvalue weighted by molar-refractivity contribution is 7.09. The first-order valence-electron chi connectivity index (χ1n) is 10.0. The summed E-state index contributed by atoms with van der Waals surface area (Å²) < 4.78 is 40.3. The standard InChI is InChI=1S/C23H24F3N3OS/c1-3-4-14-28(16-18-8-6-5-7-9-18)21(30)27-22-29(15-17(2)31-22)20-12-10-19(11-13-20)23(24,25)26/h5-13,15H,3-4,14,16H2,1-2H3/b27-22-. The Morgan fingerprint density at radius 2 is 1.77 bits per heavy atom. The largest absolute Gasteiger partial charge is 0.416 e. The Hall–Kier alpha value is -2.87. The predicted octanol–water partition coefficient (Wildman–Crippen LogP) is 6.19. The number of urea groups is 1. The van der Waals surface area contributed by atoms with E-state index in [-0.39, 0.29) is 6.03 Å². The molecule has 0 aliphatic carbocycles. The van der Waals surface area contributed by atoms with Gasteiger partial charge in [0.2, 0.25) is 0 Å². The number of rotatable bonds is 6. The molecule has 1 heterocycles. The summed E-state index contributed by atoms with van der Waals surface area (Å²) >= 11 is 1.32. The van der Waals surface area contributed by atoms with Crippen molar-refractivity contribution in [2.75, 3.05) is 6.54 Å². The number of hydrogen-bond donors (Lipinski definition) is 0. The lowest BCUT2D eigenvalue weighted by Crippen LogP contribution is -2.31. The fourth-order valence-electron chi connectivity index (χ4n) is 3.08. The van der Waals surface area contributed by atoms with Gasteiger partial charge in [0, 0.05) is 29.9 Å². The minimum Gasteiger partial charge on any atom is -0.318 e. The van der Waals surface area contributed by atoms with Gasteiger partial charge in [-0.25, -0.2) is 4.79 Å². The Morgan fingerprint density at radius 3 is 2.39 bits per heavy atom. The number of aryl methyl sites for hydroxylation is 1. The summed E-state index contributed by atoms with van der Waals surface area (Å²) in [5, 5.41) is 0. The van der Waals surface area contributed by atoms with Gasteiger partial charge in [-0.2, -0.15) is 18.2 Å². The van der Waals surface area contributed by atoms with E-state index in [0.29, 0.717) is 23.6 Å². The molecule has 3 rings (SSSR count). The van der Waals surface area contributed by atoms with E-state index in [1.54, 1.807) is 15.7 Å². The summed E-state index contributed by atoms with van der Waals surface area (Å²) in [6, 6.07) is 14.2. The van der Waals surface area contributed by atoms with Crippen molar-refractivity contribution >= 4 is 17.4 Å². The second-order valence-electron chi connectivity index (χ2n) is 7.19. The van der Waals surface area contributed by atoms with Gasteiger partial charge in [-0.1, -0.05) is 43.7 Å². The lowest BCUT2D eigenvalue weighted by molar-refractivity contribution is -0.137. The van der Waals surface area contributed by atoms with Crippen LogP contribution < -0.4 is 4.80 Å². The van der Waals surface area contributed by atoms with E-state index in [1.807, 2.05) is 37.3 Å². The average Bonchev–Trinajstić information content (AvgIpc) is 3.11. The van der Waals surface area contributed by atoms with E-state index >= 15 is 0 Å². The molecule has 0 spiro atoms. The first-order chi connectivity index (χ1) is 14.8. The van der Waals surface area contributed by atoms with Gasteiger partial charge in [-0.3, -0.25) is 4.57 Å². The number of unbranched alkanes of at least 4 members (excludes halogenated alkanes) is 1. The summed E-state index contributed by atoms with van der Waals surface area (Å²) in [6.45, 7) is 4.96. The molecule has 0 aliphatic rings. The fraction of sp³-hybridized carbons (Fsp3) is 0.304. The van der Waals surface area contributed by atoms with Crippen LogP contribution in [0.2, 0.25) is 0 Å². The van der Waals surface area contributed by atoms with Gasteiger partial charge < -0.3 is 4.90 Å². The highest BCUT2D eigenvalue weighted by atomic mass is 32.1. The van der Waals surface area contributed by atoms with E-state index < -0.39 is 11.7 Å². The molecule has 1 aromatic heterocycles. The topological polar surface area (TPSA) is 37.6 Å². The zero-order valence-corrected chi connectivity index (χ0v) is 18.2. The molecule has 0 bridgehead atoms. The van der Waals surface area contributed by atoms with Gasteiger partial charge in [0.1, 0.15) is 0 Å². The summed E-state index contributed by atoms with van der Waals surface area (Å²) in [7, 11) is 0. The van der Waals surface area contributed by atoms with Crippen LogP contribution in [0.3, 0.4) is 0 Å². The van der Waals surface area contributed by atoms with Crippen LogP contribution >= 0.6 is 11.3 Å². The molecule has 4 nitrogen and oxygen atoms in total. The molecule has 0 aliphatic heterocycles. The molecule has 8 heteroatoms. The van der Waals surface area contributed by atoms with Gasteiger partial charge in [0.15, 0.2) is 4.80 Å². The van der Waals surface area contributed by atoms with E-state index in [2.05, 4.69) is 11.9 Å². The second-order valence-corrected chi connectivity index (χ2v) is 8.41. The number of amides is 2. The molecule has 0 radical (unpaired) electrons. The highest BCUT2D eigenvalue weighted by Gasteiger charge is 2.30. The Balaban J connectivity index is 1.91. The van der Waals surface area contributed by atoms with Gasteiger partial charge in [0.25, 0.3) is 0 Å². The van der Waals surface area contributed by atoms with Crippen LogP contribution in [0.25, 0.3) is 5.69 Å². The highest BCUT2D eigenvalue weighted by Crippen LogP contribution is 2.29. The SMILES string of the molecule is CCCCN(Cc1ccccc1)C(=O)/N=c1\sc(C)cn1-c1ccc(C(F)(F)F)cc1. The van der Waals surface area contributed by atoms with Gasteiger partial charge in [0.05, 0.1) is 5.56 Å². The van der Waals surface area contributed by atoms with E-state index in [4.69, 9.17) is 0 Å². The van der Waals surface area contributed by atoms with Crippen LogP contribution in [-0.4, -0.2) is 22.0 Å². The third-order valence-electron chi connectivity index (χ3n) is 4.70. The number of alkyl halides is 3. The molecule has 0 fully saturated rings. The second kappa shape index (κ2) is 9.96. The number of nitrogens with zero attached hydrogens (tertiary/aromatic N) is 3. The molecule has 2 amide bonds. The maximum atomic E-state index is 13.0. The maximum Gasteiger partial charge on any atom is 0.416 e. The molecule has 31 heavy (non-hydrogen) atoms. The number of carbonyl (C=O) groups is 1. The lowest BCUT2D eigenvalue weighted by atomic mass is 10.2. The molecule has 0 atom stereocenters. The molecule has 0 saturated heterocycles. The third-order valence-corrected chi connectivity index (χ3v) is 5.60. The summed E-state index contributed by atoms with van der Waals surface area (Å²) in [5.74, 6) is 0. The normalized spacial score (nSPS) is 12.2. The number of hydrogen-bond acceptors (Lipinski definition) is 2. The van der Waals surface area contributed by atoms with Crippen molar-refractivity contribution in [3.8, 4) is 5.69 Å². The van der Waals surface area contributed by atoms with Crippen LogP contribution in [0.5, 0.6) is 0 Å². The van der Waals surface area contributed by atoms with Crippen LogP contribution in [0, 0.1) is 6.92 Å². The molecule has 0 unspecified atom stereocenters. The third kappa shape index (κ3) is 6.07. The first kappa shape index (κ1) is 22.8. The Bertz CT molecular complexity index is 1070. The van der Waals surface area contributed by atoms with Crippen molar-refractivity contribution in [1.29, 1.82) is 0 Å². The fourth-order valence-corrected chi connectivity index (χ4v) is 3.90. The van der Waals surface area contributed by atoms with E-state index in [1.165, 1.54) is 23.5 Å². The Kier molecular flexibility index (Phi) is 7.33. The average molecular weight is 448 g/mol. The molecule has 164 valence electrons. The van der Waals surface area contributed by atoms with Crippen molar-refractivity contribution in [3.05, 3.63) is 81.6 Å². The predicted molar refractivity (Wildman–Crippen MR) is 116 cm³/mol. The molecule has 2 aromatic carbocycles. The molecule has 3 aromatic rings. The smallest absolute Gasteiger partial charge is 0.318 e. The number of thiazole rings is 1. The first-order valence-corrected chi connectivity index (χ1v) is 10.8. The zero-order chi connectivity index (χ0) is 22.4. The summed E-state index contributed by atoms with van der Waals surface area (Å²) in [6.07, 6.45) is -0.820. The zero-order valence-electron chi connectivity index (χ0n) is 17.4. The molecular weight excluding hydrogens is 423 g/mol. The molecule has 0 N–H and O–H groups in total. The van der Waals surface area contributed by atoms with Crippen LogP contribution in [0.15, 0.2) is 65.8 Å². The van der Waals surface area contributed by atoms with Crippen molar-refractivity contribution in [3.63, 3.8) is 0 Å². The molecule has 0 saturated carbocycles. The lowest BCUT2D eigenvalue weighted by Gasteiger charge is -2.20. The van der Waals surface area contributed by atoms with Crippen LogP contribution in [0.4, 0.5) is 18.0 Å². The van der Waals surface area contributed by atoms with Crippen molar-refractivity contribution in [2.24, 2.45) is 4.99 Å². The van der Waals surface area contributed by atoms with E-state index in [9.17, 15) is 18.0 Å². The number of aromatic nitrogens is 1. The monoisotopic (exact) mass is 447 g/mol. The number of halogens is 3. The quantitative estimate of drug-likeness (QED) is 0.444. The van der Waals surface area contributed by atoms with Crippen LogP contribution in [0.1, 0.15) is 35.8 Å². The van der Waals surface area contributed by atoms with E-state index in [0.717, 1.165) is 35.4 Å².